The molecule has 2 heterocycles. The smallest absolute Gasteiger partial charge is 0.271 e. The highest BCUT2D eigenvalue weighted by Gasteiger charge is 2.15. The third-order valence-electron chi connectivity index (χ3n) is 4.50. The molecular weight excluding hydrogens is 409 g/mol. The first-order chi connectivity index (χ1) is 13.9. The van der Waals surface area contributed by atoms with E-state index in [9.17, 15) is 4.79 Å². The normalized spacial score (nSPS) is 10.9. The van der Waals surface area contributed by atoms with Gasteiger partial charge in [-0.3, -0.25) is 4.79 Å². The molecule has 0 bridgehead atoms. The molecule has 0 fully saturated rings. The number of aryl methyl sites for hydroxylation is 2. The molecule has 2 aromatic heterocycles. The van der Waals surface area contributed by atoms with E-state index in [0.29, 0.717) is 15.7 Å². The van der Waals surface area contributed by atoms with Gasteiger partial charge in [0, 0.05) is 29.2 Å². The molecule has 0 N–H and O–H groups in total. The Bertz CT molecular complexity index is 1200. The van der Waals surface area contributed by atoms with E-state index < -0.39 is 0 Å². The second-order valence-electron chi connectivity index (χ2n) is 6.55. The number of halogens is 2. The van der Waals surface area contributed by atoms with Crippen LogP contribution in [0.15, 0.2) is 71.5 Å². The van der Waals surface area contributed by atoms with E-state index in [1.54, 1.807) is 24.3 Å². The molecule has 0 spiro atoms. The van der Waals surface area contributed by atoms with Crippen LogP contribution in [0, 0.1) is 13.8 Å². The molecule has 4 rings (SSSR count). The van der Waals surface area contributed by atoms with Gasteiger partial charge in [-0.1, -0.05) is 41.4 Å². The summed E-state index contributed by atoms with van der Waals surface area (Å²) >= 11 is 13.0. The SMILES string of the molecule is Cc1ccc(C)n1-c1cc(Cl)c(Oc2ccc(=O)n(-c3ccccc3)n2)c(Cl)c1. The van der Waals surface area contributed by atoms with Gasteiger partial charge in [0.25, 0.3) is 5.56 Å². The Morgan fingerprint density at radius 1 is 0.828 bits per heavy atom. The maximum absolute atomic E-state index is 12.2. The number of rotatable bonds is 4. The first-order valence-electron chi connectivity index (χ1n) is 8.92. The Hall–Kier alpha value is -3.02. The van der Waals surface area contributed by atoms with Crippen molar-refractivity contribution in [1.29, 1.82) is 0 Å². The van der Waals surface area contributed by atoms with E-state index in [1.165, 1.54) is 16.8 Å². The molecule has 0 aliphatic carbocycles. The van der Waals surface area contributed by atoms with E-state index in [0.717, 1.165) is 17.1 Å². The van der Waals surface area contributed by atoms with Gasteiger partial charge in [-0.05, 0) is 50.2 Å². The van der Waals surface area contributed by atoms with Crippen LogP contribution in [0.1, 0.15) is 11.4 Å². The van der Waals surface area contributed by atoms with Crippen LogP contribution in [0.4, 0.5) is 0 Å². The first-order valence-corrected chi connectivity index (χ1v) is 9.67. The molecule has 0 aliphatic heterocycles. The zero-order chi connectivity index (χ0) is 20.5. The fourth-order valence-electron chi connectivity index (χ4n) is 3.16. The van der Waals surface area contributed by atoms with E-state index in [2.05, 4.69) is 9.67 Å². The lowest BCUT2D eigenvalue weighted by Crippen LogP contribution is -2.20. The summed E-state index contributed by atoms with van der Waals surface area (Å²) in [5.41, 5.74) is 3.35. The second-order valence-corrected chi connectivity index (χ2v) is 7.36. The Morgan fingerprint density at radius 2 is 1.45 bits per heavy atom. The van der Waals surface area contributed by atoms with Crippen molar-refractivity contribution in [3.8, 4) is 23.0 Å². The molecule has 4 aromatic rings. The number of aromatic nitrogens is 3. The summed E-state index contributed by atoms with van der Waals surface area (Å²) in [6.45, 7) is 4.02. The second kappa shape index (κ2) is 7.78. The summed E-state index contributed by atoms with van der Waals surface area (Å²) in [5, 5.41) is 4.97. The zero-order valence-electron chi connectivity index (χ0n) is 15.8. The van der Waals surface area contributed by atoms with Crippen LogP contribution in [-0.2, 0) is 0 Å². The van der Waals surface area contributed by atoms with Crippen molar-refractivity contribution in [3.63, 3.8) is 0 Å². The summed E-state index contributed by atoms with van der Waals surface area (Å²) in [4.78, 5) is 12.2. The van der Waals surface area contributed by atoms with Crippen molar-refractivity contribution >= 4 is 23.2 Å². The predicted molar refractivity (Wildman–Crippen MR) is 115 cm³/mol. The summed E-state index contributed by atoms with van der Waals surface area (Å²) < 4.78 is 9.16. The van der Waals surface area contributed by atoms with E-state index in [4.69, 9.17) is 27.9 Å². The lowest BCUT2D eigenvalue weighted by atomic mass is 10.2. The Labute approximate surface area is 177 Å². The highest BCUT2D eigenvalue weighted by molar-refractivity contribution is 6.37. The van der Waals surface area contributed by atoms with Gasteiger partial charge in [0.05, 0.1) is 15.7 Å². The van der Waals surface area contributed by atoms with Crippen LogP contribution in [0.2, 0.25) is 10.0 Å². The molecular formula is C22H17Cl2N3O2. The average molecular weight is 426 g/mol. The van der Waals surface area contributed by atoms with Crippen LogP contribution in [-0.4, -0.2) is 14.3 Å². The van der Waals surface area contributed by atoms with Crippen LogP contribution in [0.5, 0.6) is 11.6 Å². The van der Waals surface area contributed by atoms with Gasteiger partial charge in [0.2, 0.25) is 5.88 Å². The third kappa shape index (κ3) is 3.79. The lowest BCUT2D eigenvalue weighted by Gasteiger charge is -2.14. The number of nitrogens with zero attached hydrogens (tertiary/aromatic N) is 3. The van der Waals surface area contributed by atoms with Crippen molar-refractivity contribution in [3.05, 3.63) is 98.5 Å². The fraction of sp³-hybridized carbons (Fsp3) is 0.0909. The van der Waals surface area contributed by atoms with E-state index in [1.807, 2.05) is 44.2 Å². The molecule has 2 aromatic carbocycles. The standard InChI is InChI=1S/C22H17Cl2N3O2/c1-14-8-9-15(2)26(14)17-12-18(23)22(19(24)13-17)29-20-10-11-21(28)27(25-20)16-6-4-3-5-7-16/h3-13H,1-2H3. The Kier molecular flexibility index (Phi) is 5.18. The van der Waals surface area contributed by atoms with Crippen LogP contribution < -0.4 is 10.3 Å². The van der Waals surface area contributed by atoms with Gasteiger partial charge in [-0.25, -0.2) is 0 Å². The Balaban J connectivity index is 1.71. The fourth-order valence-corrected chi connectivity index (χ4v) is 3.71. The molecule has 29 heavy (non-hydrogen) atoms. The molecule has 0 unspecified atom stereocenters. The van der Waals surface area contributed by atoms with Crippen LogP contribution in [0.3, 0.4) is 0 Å². The minimum absolute atomic E-state index is 0.207. The number of ether oxygens (including phenoxy) is 1. The Morgan fingerprint density at radius 3 is 2.07 bits per heavy atom. The minimum Gasteiger partial charge on any atom is -0.434 e. The van der Waals surface area contributed by atoms with Gasteiger partial charge >= 0.3 is 0 Å². The maximum atomic E-state index is 12.2. The van der Waals surface area contributed by atoms with Gasteiger partial charge in [0.1, 0.15) is 0 Å². The molecule has 0 saturated carbocycles. The summed E-state index contributed by atoms with van der Waals surface area (Å²) in [5.74, 6) is 0.489. The molecule has 0 radical (unpaired) electrons. The zero-order valence-corrected chi connectivity index (χ0v) is 17.3. The first kappa shape index (κ1) is 19.3. The molecule has 0 amide bonds. The summed E-state index contributed by atoms with van der Waals surface area (Å²) in [7, 11) is 0. The molecule has 146 valence electrons. The molecule has 7 heteroatoms. The van der Waals surface area contributed by atoms with Crippen LogP contribution in [0.25, 0.3) is 11.4 Å². The molecule has 0 saturated heterocycles. The molecule has 0 aliphatic rings. The predicted octanol–water partition coefficient (Wildman–Crippen LogP) is 5.74. The summed E-state index contributed by atoms with van der Waals surface area (Å²) in [6.07, 6.45) is 0. The van der Waals surface area contributed by atoms with Gasteiger partial charge in [-0.15, -0.1) is 5.10 Å². The summed E-state index contributed by atoms with van der Waals surface area (Å²) in [6, 6.07) is 19.6. The van der Waals surface area contributed by atoms with E-state index >= 15 is 0 Å². The van der Waals surface area contributed by atoms with Crippen molar-refractivity contribution < 1.29 is 4.74 Å². The highest BCUT2D eigenvalue weighted by Crippen LogP contribution is 2.38. The number of hydrogen-bond donors (Lipinski definition) is 0. The van der Waals surface area contributed by atoms with Crippen LogP contribution >= 0.6 is 23.2 Å². The topological polar surface area (TPSA) is 49.0 Å². The van der Waals surface area contributed by atoms with Gasteiger partial charge in [-0.2, -0.15) is 4.68 Å². The quantitative estimate of drug-likeness (QED) is 0.418. The number of para-hydroxylation sites is 1. The van der Waals surface area contributed by atoms with Crippen molar-refractivity contribution in [1.82, 2.24) is 14.3 Å². The van der Waals surface area contributed by atoms with Gasteiger partial charge < -0.3 is 9.30 Å². The average Bonchev–Trinajstić information content (AvgIpc) is 3.04. The molecule has 5 nitrogen and oxygen atoms in total. The van der Waals surface area contributed by atoms with Crippen molar-refractivity contribution in [2.75, 3.05) is 0 Å². The largest absolute Gasteiger partial charge is 0.434 e. The van der Waals surface area contributed by atoms with Crippen molar-refractivity contribution in [2.45, 2.75) is 13.8 Å². The third-order valence-corrected chi connectivity index (χ3v) is 5.06. The monoisotopic (exact) mass is 425 g/mol. The van der Waals surface area contributed by atoms with Crippen molar-refractivity contribution in [2.24, 2.45) is 0 Å². The van der Waals surface area contributed by atoms with Gasteiger partial charge in [0.15, 0.2) is 5.75 Å². The number of hydrogen-bond acceptors (Lipinski definition) is 3. The highest BCUT2D eigenvalue weighted by atomic mass is 35.5. The lowest BCUT2D eigenvalue weighted by molar-refractivity contribution is 0.447. The maximum Gasteiger partial charge on any atom is 0.271 e. The van der Waals surface area contributed by atoms with E-state index in [-0.39, 0.29) is 17.2 Å². The number of benzene rings is 2. The minimum atomic E-state index is -0.269. The molecule has 0 atom stereocenters.